The first-order valence-electron chi connectivity index (χ1n) is 7.63. The van der Waals surface area contributed by atoms with Gasteiger partial charge in [-0.05, 0) is 31.7 Å². The van der Waals surface area contributed by atoms with E-state index in [1.54, 1.807) is 7.11 Å². The van der Waals surface area contributed by atoms with Gasteiger partial charge in [0, 0.05) is 5.56 Å². The van der Waals surface area contributed by atoms with E-state index in [1.165, 1.54) is 31.2 Å². The molecule has 3 heteroatoms. The summed E-state index contributed by atoms with van der Waals surface area (Å²) in [4.78, 5) is 0. The molecule has 2 rings (SSSR count). The number of benzene rings is 1. The van der Waals surface area contributed by atoms with Crippen LogP contribution in [0, 0.1) is 12.8 Å². The van der Waals surface area contributed by atoms with E-state index in [4.69, 9.17) is 15.2 Å². The molecule has 1 aliphatic carbocycles. The van der Waals surface area contributed by atoms with Gasteiger partial charge in [0.05, 0.1) is 25.9 Å². The zero-order chi connectivity index (χ0) is 14.5. The van der Waals surface area contributed by atoms with Crippen molar-refractivity contribution in [2.75, 3.05) is 13.7 Å². The Kier molecular flexibility index (Phi) is 5.44. The average molecular weight is 277 g/mol. The van der Waals surface area contributed by atoms with Crippen LogP contribution < -0.4 is 10.5 Å². The molecule has 1 aromatic carbocycles. The molecule has 1 saturated carbocycles. The summed E-state index contributed by atoms with van der Waals surface area (Å²) in [6.45, 7) is 4.91. The first kappa shape index (κ1) is 15.3. The lowest BCUT2D eigenvalue weighted by Crippen LogP contribution is -2.29. The second kappa shape index (κ2) is 7.09. The van der Waals surface area contributed by atoms with E-state index >= 15 is 0 Å². The van der Waals surface area contributed by atoms with Crippen molar-refractivity contribution in [2.24, 2.45) is 11.7 Å². The summed E-state index contributed by atoms with van der Waals surface area (Å²) in [6, 6.07) is 5.99. The minimum Gasteiger partial charge on any atom is -0.496 e. The summed E-state index contributed by atoms with van der Waals surface area (Å²) in [5.74, 6) is 1.50. The summed E-state index contributed by atoms with van der Waals surface area (Å²) in [6.07, 6.45) is 5.41. The maximum Gasteiger partial charge on any atom is 0.123 e. The van der Waals surface area contributed by atoms with Gasteiger partial charge in [0.2, 0.25) is 0 Å². The molecule has 112 valence electrons. The molecule has 2 N–H and O–H groups in total. The highest BCUT2D eigenvalue weighted by atomic mass is 16.5. The molecule has 20 heavy (non-hydrogen) atoms. The first-order valence-corrected chi connectivity index (χ1v) is 7.63. The molecule has 1 aliphatic rings. The lowest BCUT2D eigenvalue weighted by molar-refractivity contribution is -0.0115. The van der Waals surface area contributed by atoms with Gasteiger partial charge in [-0.1, -0.05) is 37.5 Å². The highest BCUT2D eigenvalue weighted by Crippen LogP contribution is 2.29. The highest BCUT2D eigenvalue weighted by molar-refractivity contribution is 5.39. The van der Waals surface area contributed by atoms with Gasteiger partial charge < -0.3 is 15.2 Å². The fourth-order valence-electron chi connectivity index (χ4n) is 2.99. The van der Waals surface area contributed by atoms with E-state index in [2.05, 4.69) is 19.9 Å². The Hall–Kier alpha value is -1.06. The van der Waals surface area contributed by atoms with Gasteiger partial charge in [-0.3, -0.25) is 0 Å². The number of rotatable bonds is 5. The van der Waals surface area contributed by atoms with E-state index in [1.807, 2.05) is 12.1 Å². The molecular formula is C17H27NO2. The minimum atomic E-state index is -0.126. The molecule has 3 atom stereocenters. The van der Waals surface area contributed by atoms with Crippen LogP contribution in [0.15, 0.2) is 18.2 Å². The van der Waals surface area contributed by atoms with Crippen molar-refractivity contribution in [3.63, 3.8) is 0 Å². The number of ether oxygens (including phenoxy) is 2. The van der Waals surface area contributed by atoms with Gasteiger partial charge in [-0.25, -0.2) is 0 Å². The van der Waals surface area contributed by atoms with E-state index in [9.17, 15) is 0 Å². The van der Waals surface area contributed by atoms with Gasteiger partial charge in [0.25, 0.3) is 0 Å². The van der Waals surface area contributed by atoms with E-state index in [0.717, 1.165) is 11.3 Å². The molecule has 0 heterocycles. The molecule has 0 radical (unpaired) electrons. The number of hydrogen-bond acceptors (Lipinski definition) is 3. The standard InChI is InChI=1S/C17H27NO2/c1-12-8-9-17(19-3)14(10-12)15(18)11-20-16-7-5-4-6-13(16)2/h8-10,13,15-16H,4-7,11,18H2,1-3H3. The van der Waals surface area contributed by atoms with Crippen LogP contribution in [0.5, 0.6) is 5.75 Å². The van der Waals surface area contributed by atoms with E-state index in [0.29, 0.717) is 18.6 Å². The maximum atomic E-state index is 6.30. The molecule has 0 amide bonds. The summed E-state index contributed by atoms with van der Waals surface area (Å²) in [7, 11) is 1.69. The first-order chi connectivity index (χ1) is 9.61. The van der Waals surface area contributed by atoms with Crippen LogP contribution in [0.1, 0.15) is 49.8 Å². The molecule has 0 saturated heterocycles. The van der Waals surface area contributed by atoms with E-state index < -0.39 is 0 Å². The summed E-state index contributed by atoms with van der Waals surface area (Å²) in [5, 5.41) is 0. The second-order valence-corrected chi connectivity index (χ2v) is 5.99. The van der Waals surface area contributed by atoms with Crippen molar-refractivity contribution >= 4 is 0 Å². The van der Waals surface area contributed by atoms with Crippen molar-refractivity contribution in [1.29, 1.82) is 0 Å². The van der Waals surface area contributed by atoms with Gasteiger partial charge in [-0.15, -0.1) is 0 Å². The van der Waals surface area contributed by atoms with Crippen molar-refractivity contribution in [2.45, 2.75) is 51.7 Å². The highest BCUT2D eigenvalue weighted by Gasteiger charge is 2.23. The molecule has 1 fully saturated rings. The predicted octanol–water partition coefficient (Wildman–Crippen LogP) is 3.60. The van der Waals surface area contributed by atoms with Gasteiger partial charge in [0.15, 0.2) is 0 Å². The second-order valence-electron chi connectivity index (χ2n) is 5.99. The third kappa shape index (κ3) is 3.74. The quantitative estimate of drug-likeness (QED) is 0.894. The van der Waals surface area contributed by atoms with Crippen LogP contribution in [-0.2, 0) is 4.74 Å². The van der Waals surface area contributed by atoms with Crippen LogP contribution in [-0.4, -0.2) is 19.8 Å². The fourth-order valence-corrected chi connectivity index (χ4v) is 2.99. The van der Waals surface area contributed by atoms with Crippen molar-refractivity contribution in [3.8, 4) is 5.75 Å². The Morgan fingerprint density at radius 2 is 2.05 bits per heavy atom. The van der Waals surface area contributed by atoms with Crippen LogP contribution in [0.4, 0.5) is 0 Å². The molecule has 3 nitrogen and oxygen atoms in total. The van der Waals surface area contributed by atoms with Crippen LogP contribution >= 0.6 is 0 Å². The molecule has 0 aromatic heterocycles. The predicted molar refractivity (Wildman–Crippen MR) is 82.0 cm³/mol. The molecule has 3 unspecified atom stereocenters. The van der Waals surface area contributed by atoms with Crippen LogP contribution in [0.3, 0.4) is 0 Å². The molecular weight excluding hydrogens is 250 g/mol. The summed E-state index contributed by atoms with van der Waals surface area (Å²) < 4.78 is 11.5. The van der Waals surface area contributed by atoms with Crippen molar-refractivity contribution in [3.05, 3.63) is 29.3 Å². The minimum absolute atomic E-state index is 0.126. The third-order valence-electron chi connectivity index (χ3n) is 4.31. The Bertz CT molecular complexity index is 433. The van der Waals surface area contributed by atoms with Crippen molar-refractivity contribution in [1.82, 2.24) is 0 Å². The smallest absolute Gasteiger partial charge is 0.123 e. The monoisotopic (exact) mass is 277 g/mol. The number of hydrogen-bond donors (Lipinski definition) is 1. The summed E-state index contributed by atoms with van der Waals surface area (Å²) in [5.41, 5.74) is 8.53. The molecule has 1 aromatic rings. The maximum absolute atomic E-state index is 6.30. The lowest BCUT2D eigenvalue weighted by atomic mass is 9.88. The van der Waals surface area contributed by atoms with Crippen LogP contribution in [0.2, 0.25) is 0 Å². The fraction of sp³-hybridized carbons (Fsp3) is 0.647. The lowest BCUT2D eigenvalue weighted by Gasteiger charge is -2.30. The molecule has 0 spiro atoms. The van der Waals surface area contributed by atoms with E-state index in [-0.39, 0.29) is 6.04 Å². The Morgan fingerprint density at radius 3 is 2.75 bits per heavy atom. The number of aryl methyl sites for hydroxylation is 1. The average Bonchev–Trinajstić information content (AvgIpc) is 2.46. The molecule has 0 aliphatic heterocycles. The van der Waals surface area contributed by atoms with Crippen LogP contribution in [0.25, 0.3) is 0 Å². The van der Waals surface area contributed by atoms with Crippen molar-refractivity contribution < 1.29 is 9.47 Å². The Morgan fingerprint density at radius 1 is 1.30 bits per heavy atom. The largest absolute Gasteiger partial charge is 0.496 e. The Balaban J connectivity index is 1.97. The summed E-state index contributed by atoms with van der Waals surface area (Å²) >= 11 is 0. The Labute approximate surface area is 122 Å². The zero-order valence-electron chi connectivity index (χ0n) is 12.9. The van der Waals surface area contributed by atoms with Gasteiger partial charge in [0.1, 0.15) is 5.75 Å². The normalized spacial score (nSPS) is 24.4. The number of methoxy groups -OCH3 is 1. The molecule has 0 bridgehead atoms. The topological polar surface area (TPSA) is 44.5 Å². The zero-order valence-corrected chi connectivity index (χ0v) is 12.9. The van der Waals surface area contributed by atoms with Gasteiger partial charge in [-0.2, -0.15) is 0 Å². The SMILES string of the molecule is COc1ccc(C)cc1C(N)COC1CCCCC1C. The third-order valence-corrected chi connectivity index (χ3v) is 4.31. The van der Waals surface area contributed by atoms with Gasteiger partial charge >= 0.3 is 0 Å². The number of nitrogens with two attached hydrogens (primary N) is 1.